The van der Waals surface area contributed by atoms with E-state index in [0.29, 0.717) is 0 Å². The minimum Gasteiger partial charge on any atom is -0.507 e. The molecule has 11 N–H and O–H groups in total. The highest BCUT2D eigenvalue weighted by Gasteiger charge is 2.47. The van der Waals surface area contributed by atoms with Gasteiger partial charge in [0.1, 0.15) is 60.0 Å². The van der Waals surface area contributed by atoms with Crippen LogP contribution in [0.15, 0.2) is 33.5 Å². The molecule has 2 aromatic carbocycles. The molecule has 0 spiro atoms. The van der Waals surface area contributed by atoms with Crippen molar-refractivity contribution in [1.82, 2.24) is 0 Å². The topological polar surface area (TPSA) is 299 Å². The number of phenols is 3. The number of phenolic OH excluding ortho intramolecular Hbond substituents is 3. The van der Waals surface area contributed by atoms with Crippen molar-refractivity contribution in [2.45, 2.75) is 61.4 Å². The Morgan fingerprint density at radius 1 is 0.696 bits per heavy atom. The highest BCUT2D eigenvalue weighted by molar-refractivity contribution is 5.93. The molecule has 2 aliphatic rings. The Labute approximate surface area is 257 Å². The first-order valence-corrected chi connectivity index (χ1v) is 13.7. The maximum Gasteiger partial charge on any atom is 0.239 e. The van der Waals surface area contributed by atoms with Gasteiger partial charge >= 0.3 is 0 Å². The molecule has 10 atom stereocenters. The highest BCUT2D eigenvalue weighted by atomic mass is 16.7. The maximum atomic E-state index is 14.0. The molecule has 2 saturated heterocycles. The van der Waals surface area contributed by atoms with Crippen LogP contribution in [0.3, 0.4) is 0 Å². The standard InChI is InChI=1S/C28H32O18/c1-41-12-5-11(33)15-18(36)26(46-28-22(40)20(38)17(35)14(7-30)43-28)23(8-2-3-9(31)10(32)4-8)44-25(15)24(12)45-27-21(39)19(37)16(34)13(6-29)42-27/h2-5,13-14,16-17,19-22,27-35,37-40H,6-7H2,1H3/t13?,14?,16-,17+,19+,20?,21?,22?,27+,28+/m1/s1. The lowest BCUT2D eigenvalue weighted by Crippen LogP contribution is -2.60. The summed E-state index contributed by atoms with van der Waals surface area (Å²) < 4.78 is 33.4. The summed E-state index contributed by atoms with van der Waals surface area (Å²) in [7, 11) is 1.15. The highest BCUT2D eigenvalue weighted by Crippen LogP contribution is 2.45. The third-order valence-corrected chi connectivity index (χ3v) is 7.65. The fraction of sp³-hybridized carbons (Fsp3) is 0.464. The number of ether oxygens (including phenoxy) is 5. The zero-order valence-corrected chi connectivity index (χ0v) is 23.8. The van der Waals surface area contributed by atoms with E-state index in [9.17, 15) is 61.0 Å². The second-order valence-electron chi connectivity index (χ2n) is 10.6. The van der Waals surface area contributed by atoms with E-state index in [1.165, 1.54) is 6.07 Å². The van der Waals surface area contributed by atoms with Gasteiger partial charge < -0.3 is 84.3 Å². The molecule has 18 nitrogen and oxygen atoms in total. The van der Waals surface area contributed by atoms with Gasteiger partial charge in [-0.1, -0.05) is 0 Å². The fourth-order valence-electron chi connectivity index (χ4n) is 5.07. The van der Waals surface area contributed by atoms with Gasteiger partial charge in [0.2, 0.25) is 29.5 Å². The number of aliphatic hydroxyl groups is 8. The number of aliphatic hydroxyl groups excluding tert-OH is 8. The van der Waals surface area contributed by atoms with Gasteiger partial charge in [0, 0.05) is 11.6 Å². The van der Waals surface area contributed by atoms with E-state index < -0.39 is 126 Å². The van der Waals surface area contributed by atoms with Gasteiger partial charge in [-0.15, -0.1) is 0 Å². The number of rotatable bonds is 8. The first-order valence-electron chi connectivity index (χ1n) is 13.7. The van der Waals surface area contributed by atoms with Crippen LogP contribution in [0.4, 0.5) is 0 Å². The van der Waals surface area contributed by atoms with Crippen molar-refractivity contribution < 1.29 is 84.3 Å². The molecule has 0 saturated carbocycles. The molecule has 252 valence electrons. The average molecular weight is 657 g/mol. The molecule has 3 aromatic rings. The predicted octanol–water partition coefficient (Wildman–Crippen LogP) is -3.06. The molecule has 1 aromatic heterocycles. The van der Waals surface area contributed by atoms with Gasteiger partial charge in [0.05, 0.1) is 20.3 Å². The number of fused-ring (bicyclic) bond motifs is 1. The van der Waals surface area contributed by atoms with Gasteiger partial charge in [-0.2, -0.15) is 0 Å². The number of hydrogen-bond acceptors (Lipinski definition) is 18. The van der Waals surface area contributed by atoms with Gasteiger partial charge in [0.25, 0.3) is 0 Å². The van der Waals surface area contributed by atoms with Crippen molar-refractivity contribution in [3.8, 4) is 45.8 Å². The molecule has 3 heterocycles. The van der Waals surface area contributed by atoms with Crippen LogP contribution < -0.4 is 19.6 Å². The lowest BCUT2D eigenvalue weighted by atomic mass is 9.99. The van der Waals surface area contributed by atoms with Gasteiger partial charge in [-0.05, 0) is 18.2 Å². The normalized spacial score (nSPS) is 31.5. The Balaban J connectivity index is 1.72. The van der Waals surface area contributed by atoms with Gasteiger partial charge in [0.15, 0.2) is 28.6 Å². The van der Waals surface area contributed by atoms with Crippen LogP contribution in [0.2, 0.25) is 0 Å². The third kappa shape index (κ3) is 5.75. The number of hydrogen-bond donors (Lipinski definition) is 11. The molecule has 0 aliphatic carbocycles. The Hall–Kier alpha value is -3.95. The molecule has 0 radical (unpaired) electrons. The Morgan fingerprint density at radius 2 is 1.24 bits per heavy atom. The fourth-order valence-corrected chi connectivity index (χ4v) is 5.07. The summed E-state index contributed by atoms with van der Waals surface area (Å²) in [6.45, 7) is -1.62. The zero-order valence-electron chi connectivity index (χ0n) is 23.8. The maximum absolute atomic E-state index is 14.0. The molecule has 0 bridgehead atoms. The molecule has 0 amide bonds. The van der Waals surface area contributed by atoms with E-state index in [1.54, 1.807) is 0 Å². The summed E-state index contributed by atoms with van der Waals surface area (Å²) in [5.74, 6) is -4.13. The second-order valence-corrected chi connectivity index (χ2v) is 10.6. The lowest BCUT2D eigenvalue weighted by molar-refractivity contribution is -0.277. The number of benzene rings is 2. The van der Waals surface area contributed by atoms with E-state index in [2.05, 4.69) is 0 Å². The van der Waals surface area contributed by atoms with Crippen LogP contribution in [0.25, 0.3) is 22.3 Å². The summed E-state index contributed by atoms with van der Waals surface area (Å²) in [6.07, 6.45) is -17.7. The minimum atomic E-state index is -1.98. The van der Waals surface area contributed by atoms with Gasteiger partial charge in [-0.25, -0.2) is 0 Å². The van der Waals surface area contributed by atoms with Crippen LogP contribution in [0.5, 0.6) is 34.5 Å². The van der Waals surface area contributed by atoms with E-state index in [0.717, 1.165) is 25.3 Å². The van der Waals surface area contributed by atoms with Crippen molar-refractivity contribution in [2.75, 3.05) is 20.3 Å². The summed E-state index contributed by atoms with van der Waals surface area (Å²) in [5, 5.41) is 111. The summed E-state index contributed by atoms with van der Waals surface area (Å²) in [5.41, 5.74) is -1.89. The SMILES string of the molecule is COc1cc(O)c2c(=O)c(O[C@@H]3OC(CO)[C@H](O)C(O)C3O)c(-c3ccc(O)c(O)c3)oc2c1O[C@@H]1OC(CO)[C@@H](O)[C@H](O)C1O. The van der Waals surface area contributed by atoms with Crippen molar-refractivity contribution >= 4 is 11.0 Å². The first kappa shape index (κ1) is 33.4. The quantitative estimate of drug-likeness (QED) is 0.107. The molecule has 46 heavy (non-hydrogen) atoms. The average Bonchev–Trinajstić information content (AvgIpc) is 3.04. The molecule has 2 fully saturated rings. The van der Waals surface area contributed by atoms with E-state index in [4.69, 9.17) is 28.1 Å². The molecule has 5 unspecified atom stereocenters. The molecular formula is C28H32O18. The van der Waals surface area contributed by atoms with E-state index in [1.807, 2.05) is 0 Å². The van der Waals surface area contributed by atoms with Crippen molar-refractivity contribution in [3.05, 3.63) is 34.5 Å². The van der Waals surface area contributed by atoms with E-state index >= 15 is 0 Å². The van der Waals surface area contributed by atoms with Crippen LogP contribution in [-0.2, 0) is 9.47 Å². The predicted molar refractivity (Wildman–Crippen MR) is 148 cm³/mol. The van der Waals surface area contributed by atoms with Crippen LogP contribution >= 0.6 is 0 Å². The smallest absolute Gasteiger partial charge is 0.239 e. The first-order chi connectivity index (χ1) is 21.8. The van der Waals surface area contributed by atoms with Crippen molar-refractivity contribution in [1.29, 1.82) is 0 Å². The summed E-state index contributed by atoms with van der Waals surface area (Å²) in [4.78, 5) is 14.0. The Kier molecular flexibility index (Phi) is 9.47. The molecule has 5 rings (SSSR count). The summed E-state index contributed by atoms with van der Waals surface area (Å²) in [6, 6.07) is 4.08. The number of aromatic hydroxyl groups is 3. The summed E-state index contributed by atoms with van der Waals surface area (Å²) >= 11 is 0. The van der Waals surface area contributed by atoms with Crippen LogP contribution in [0, 0.1) is 0 Å². The zero-order chi connectivity index (χ0) is 33.6. The largest absolute Gasteiger partial charge is 0.507 e. The third-order valence-electron chi connectivity index (χ3n) is 7.65. The minimum absolute atomic E-state index is 0.144. The lowest BCUT2D eigenvalue weighted by Gasteiger charge is -2.39. The Bertz CT molecular complexity index is 1620. The molecular weight excluding hydrogens is 624 g/mol. The Morgan fingerprint density at radius 3 is 1.74 bits per heavy atom. The monoisotopic (exact) mass is 656 g/mol. The molecule has 18 heteroatoms. The van der Waals surface area contributed by atoms with Gasteiger partial charge in [-0.3, -0.25) is 4.79 Å². The molecule has 2 aliphatic heterocycles. The van der Waals surface area contributed by atoms with Crippen LogP contribution in [-0.4, -0.2) is 138 Å². The van der Waals surface area contributed by atoms with E-state index in [-0.39, 0.29) is 11.3 Å². The number of methoxy groups -OCH3 is 1. The van der Waals surface area contributed by atoms with Crippen molar-refractivity contribution in [3.63, 3.8) is 0 Å². The second kappa shape index (κ2) is 13.0. The van der Waals surface area contributed by atoms with Crippen LogP contribution in [0.1, 0.15) is 0 Å². The van der Waals surface area contributed by atoms with Crippen molar-refractivity contribution in [2.24, 2.45) is 0 Å².